The molecule has 1 N–H and O–H groups in total. The molecule has 1 aliphatic heterocycles. The van der Waals surface area contributed by atoms with E-state index >= 15 is 0 Å². The maximum absolute atomic E-state index is 12.5. The van der Waals surface area contributed by atoms with E-state index < -0.39 is 12.6 Å². The lowest BCUT2D eigenvalue weighted by molar-refractivity contribution is -0.139. The van der Waals surface area contributed by atoms with Crippen LogP contribution in [0, 0.1) is 0 Å². The molecule has 26 heavy (non-hydrogen) atoms. The monoisotopic (exact) mass is 369 g/mol. The molecule has 2 amide bonds. The lowest BCUT2D eigenvalue weighted by atomic mass is 10.2. The number of benzene rings is 2. The molecule has 0 unspecified atom stereocenters. The molecule has 1 fully saturated rings. The summed E-state index contributed by atoms with van der Waals surface area (Å²) < 4.78 is 5.06. The number of carboxylic acids is 1. The second kappa shape index (κ2) is 7.88. The zero-order valence-electron chi connectivity index (χ0n) is 13.6. The molecule has 3 rings (SSSR count). The van der Waals surface area contributed by atoms with Gasteiger partial charge in [-0.3, -0.25) is 14.5 Å². The second-order valence-corrected chi connectivity index (χ2v) is 6.50. The molecule has 0 atom stereocenters. The van der Waals surface area contributed by atoms with Gasteiger partial charge in [-0.25, -0.2) is 4.79 Å². The van der Waals surface area contributed by atoms with Crippen molar-refractivity contribution in [3.63, 3.8) is 0 Å². The predicted octanol–water partition coefficient (Wildman–Crippen LogP) is 3.39. The van der Waals surface area contributed by atoms with Gasteiger partial charge in [0.05, 0.1) is 11.4 Å². The molecular weight excluding hydrogens is 354 g/mol. The number of amides is 2. The minimum atomic E-state index is -1.05. The van der Waals surface area contributed by atoms with Gasteiger partial charge >= 0.3 is 5.97 Å². The smallest absolute Gasteiger partial charge is 0.341 e. The third-order valence-corrected chi connectivity index (χ3v) is 4.50. The molecule has 0 radical (unpaired) electrons. The van der Waals surface area contributed by atoms with Gasteiger partial charge in [0.2, 0.25) is 0 Å². The van der Waals surface area contributed by atoms with Crippen molar-refractivity contribution in [3.05, 3.63) is 70.6 Å². The Kier molecular flexibility index (Phi) is 5.38. The van der Waals surface area contributed by atoms with Gasteiger partial charge in [-0.2, -0.15) is 0 Å². The largest absolute Gasteiger partial charge is 0.482 e. The van der Waals surface area contributed by atoms with Gasteiger partial charge in [0.1, 0.15) is 5.75 Å². The van der Waals surface area contributed by atoms with Crippen LogP contribution < -0.4 is 4.74 Å². The normalized spacial score (nSPS) is 15.5. The second-order valence-electron chi connectivity index (χ2n) is 5.50. The van der Waals surface area contributed by atoms with Crippen molar-refractivity contribution in [2.45, 2.75) is 6.54 Å². The van der Waals surface area contributed by atoms with Crippen LogP contribution in [0.15, 0.2) is 59.5 Å². The Labute approximate surface area is 154 Å². The van der Waals surface area contributed by atoms with E-state index in [2.05, 4.69) is 0 Å². The molecule has 7 heteroatoms. The Morgan fingerprint density at radius 3 is 2.42 bits per heavy atom. The molecule has 0 aromatic heterocycles. The third-order valence-electron chi connectivity index (χ3n) is 3.60. The molecule has 6 nitrogen and oxygen atoms in total. The average Bonchev–Trinajstić information content (AvgIpc) is 2.89. The van der Waals surface area contributed by atoms with Crippen molar-refractivity contribution in [2.24, 2.45) is 0 Å². The van der Waals surface area contributed by atoms with E-state index in [1.807, 2.05) is 30.3 Å². The lowest BCUT2D eigenvalue weighted by Gasteiger charge is -2.12. The molecule has 2 aromatic rings. The van der Waals surface area contributed by atoms with Crippen LogP contribution in [-0.4, -0.2) is 33.7 Å². The van der Waals surface area contributed by atoms with Crippen molar-refractivity contribution in [3.8, 4) is 5.75 Å². The van der Waals surface area contributed by atoms with E-state index in [0.29, 0.717) is 10.7 Å². The van der Waals surface area contributed by atoms with E-state index in [4.69, 9.17) is 9.84 Å². The Hall–Kier alpha value is -3.06. The maximum atomic E-state index is 12.5. The van der Waals surface area contributed by atoms with Crippen LogP contribution in [0.4, 0.5) is 4.79 Å². The summed E-state index contributed by atoms with van der Waals surface area (Å²) >= 11 is 0.904. The molecule has 132 valence electrons. The summed E-state index contributed by atoms with van der Waals surface area (Å²) in [5.41, 5.74) is 1.61. The molecule has 1 aliphatic rings. The van der Waals surface area contributed by atoms with Gasteiger partial charge in [-0.1, -0.05) is 42.5 Å². The van der Waals surface area contributed by atoms with E-state index in [9.17, 15) is 14.4 Å². The van der Waals surface area contributed by atoms with E-state index in [1.165, 1.54) is 4.90 Å². The minimum Gasteiger partial charge on any atom is -0.482 e. The van der Waals surface area contributed by atoms with E-state index in [-0.39, 0.29) is 17.7 Å². The van der Waals surface area contributed by atoms with Crippen molar-refractivity contribution in [2.75, 3.05) is 6.61 Å². The zero-order chi connectivity index (χ0) is 18.5. The van der Waals surface area contributed by atoms with Crippen LogP contribution in [0.2, 0.25) is 0 Å². The molecule has 0 bridgehead atoms. The van der Waals surface area contributed by atoms with Crippen molar-refractivity contribution in [1.82, 2.24) is 4.90 Å². The van der Waals surface area contributed by atoms with Gasteiger partial charge in [0.15, 0.2) is 6.61 Å². The summed E-state index contributed by atoms with van der Waals surface area (Å²) in [4.78, 5) is 36.7. The molecule has 1 heterocycles. The van der Waals surface area contributed by atoms with Crippen LogP contribution in [0.25, 0.3) is 6.08 Å². The Morgan fingerprint density at radius 1 is 1.08 bits per heavy atom. The summed E-state index contributed by atoms with van der Waals surface area (Å²) in [6.07, 6.45) is 1.64. The maximum Gasteiger partial charge on any atom is 0.341 e. The number of carboxylic acid groups (broad SMARTS) is 1. The zero-order valence-corrected chi connectivity index (χ0v) is 14.4. The first-order valence-electron chi connectivity index (χ1n) is 7.77. The van der Waals surface area contributed by atoms with E-state index in [0.717, 1.165) is 22.9 Å². The standard InChI is InChI=1S/C19H15NO5S/c21-17(22)12-25-15-8-6-13(7-9-15)10-16-18(23)20(19(24)26-16)11-14-4-2-1-3-5-14/h1-10H,11-12H2,(H,21,22)/b16-10+. The van der Waals surface area contributed by atoms with Gasteiger partial charge in [-0.15, -0.1) is 0 Å². The number of aliphatic carboxylic acids is 1. The fourth-order valence-corrected chi connectivity index (χ4v) is 3.20. The topological polar surface area (TPSA) is 83.9 Å². The number of carbonyl (C=O) groups is 3. The fraction of sp³-hybridized carbons (Fsp3) is 0.105. The fourth-order valence-electron chi connectivity index (χ4n) is 2.36. The number of hydrogen-bond acceptors (Lipinski definition) is 5. The number of ether oxygens (including phenoxy) is 1. The summed E-state index contributed by atoms with van der Waals surface area (Å²) in [5, 5.41) is 8.29. The first-order valence-corrected chi connectivity index (χ1v) is 8.58. The highest BCUT2D eigenvalue weighted by molar-refractivity contribution is 8.18. The van der Waals surface area contributed by atoms with Crippen molar-refractivity contribution >= 4 is 35.0 Å². The summed E-state index contributed by atoms with van der Waals surface area (Å²) in [7, 11) is 0. The Balaban J connectivity index is 1.70. The highest BCUT2D eigenvalue weighted by atomic mass is 32.2. The average molecular weight is 369 g/mol. The number of thioether (sulfide) groups is 1. The summed E-state index contributed by atoms with van der Waals surface area (Å²) in [6.45, 7) is -0.178. The van der Waals surface area contributed by atoms with Crippen LogP contribution >= 0.6 is 11.8 Å². The first kappa shape index (κ1) is 17.8. The van der Waals surface area contributed by atoms with E-state index in [1.54, 1.807) is 30.3 Å². The predicted molar refractivity (Wildman–Crippen MR) is 97.5 cm³/mol. The van der Waals surface area contributed by atoms with Gasteiger partial charge in [0, 0.05) is 0 Å². The van der Waals surface area contributed by atoms with Crippen LogP contribution in [-0.2, 0) is 16.1 Å². The lowest BCUT2D eigenvalue weighted by Crippen LogP contribution is -2.27. The number of carbonyl (C=O) groups excluding carboxylic acids is 2. The quantitative estimate of drug-likeness (QED) is 0.786. The molecule has 0 saturated carbocycles. The van der Waals surface area contributed by atoms with Gasteiger partial charge in [0.25, 0.3) is 11.1 Å². The van der Waals surface area contributed by atoms with Crippen molar-refractivity contribution in [1.29, 1.82) is 0 Å². The number of rotatable bonds is 6. The molecule has 0 aliphatic carbocycles. The minimum absolute atomic E-state index is 0.241. The van der Waals surface area contributed by atoms with Crippen LogP contribution in [0.1, 0.15) is 11.1 Å². The Morgan fingerprint density at radius 2 is 1.77 bits per heavy atom. The van der Waals surface area contributed by atoms with Crippen molar-refractivity contribution < 1.29 is 24.2 Å². The highest BCUT2D eigenvalue weighted by Gasteiger charge is 2.34. The molecule has 1 saturated heterocycles. The van der Waals surface area contributed by atoms with Crippen LogP contribution in [0.3, 0.4) is 0 Å². The summed E-state index contributed by atoms with van der Waals surface area (Å²) in [6, 6.07) is 15.9. The number of imide groups is 1. The van der Waals surface area contributed by atoms with Gasteiger partial charge in [-0.05, 0) is 41.1 Å². The summed E-state index contributed by atoms with van der Waals surface area (Å²) in [5.74, 6) is -0.960. The van der Waals surface area contributed by atoms with Crippen LogP contribution in [0.5, 0.6) is 5.75 Å². The SMILES string of the molecule is O=C(O)COc1ccc(/C=C2/SC(=O)N(Cc3ccccc3)C2=O)cc1. The Bertz CT molecular complexity index is 861. The molecule has 2 aromatic carbocycles. The third kappa shape index (κ3) is 4.31. The van der Waals surface area contributed by atoms with Gasteiger partial charge < -0.3 is 9.84 Å². The number of nitrogens with zero attached hydrogens (tertiary/aromatic N) is 1. The highest BCUT2D eigenvalue weighted by Crippen LogP contribution is 2.33. The molecule has 0 spiro atoms. The first-order chi connectivity index (χ1) is 12.5. The number of hydrogen-bond donors (Lipinski definition) is 1. The molecular formula is C19H15NO5S.